The van der Waals surface area contributed by atoms with Crippen LogP contribution in [0.25, 0.3) is 32.8 Å². The fraction of sp³-hybridized carbons (Fsp3) is 0.448. The lowest BCUT2D eigenvalue weighted by Gasteiger charge is -2.34. The van der Waals surface area contributed by atoms with Crippen LogP contribution in [0.3, 0.4) is 0 Å². The van der Waals surface area contributed by atoms with Crippen molar-refractivity contribution >= 4 is 38.5 Å². The first-order chi connectivity index (χ1) is 18.3. The topological polar surface area (TPSA) is 83.3 Å². The van der Waals surface area contributed by atoms with Crippen molar-refractivity contribution in [1.82, 2.24) is 24.7 Å². The number of hydrogen-bond donors (Lipinski definition) is 2. The first-order valence-electron chi connectivity index (χ1n) is 13.3. The van der Waals surface area contributed by atoms with Gasteiger partial charge in [0.05, 0.1) is 28.2 Å². The Hall–Kier alpha value is -3.45. The van der Waals surface area contributed by atoms with E-state index in [9.17, 15) is 10.1 Å². The van der Waals surface area contributed by atoms with Gasteiger partial charge in [-0.25, -0.2) is 4.39 Å². The van der Waals surface area contributed by atoms with E-state index >= 15 is 4.39 Å². The monoisotopic (exact) mass is 517 g/mol. The van der Waals surface area contributed by atoms with Gasteiger partial charge >= 0.3 is 0 Å². The molecule has 38 heavy (non-hydrogen) atoms. The van der Waals surface area contributed by atoms with Gasteiger partial charge in [-0.15, -0.1) is 0 Å². The zero-order chi connectivity index (χ0) is 27.0. The van der Waals surface area contributed by atoms with Crippen LogP contribution in [0.5, 0.6) is 0 Å². The third-order valence-corrected chi connectivity index (χ3v) is 7.66. The maximum atomic E-state index is 16.0. The van der Waals surface area contributed by atoms with Gasteiger partial charge in [0.25, 0.3) is 0 Å². The molecule has 0 bridgehead atoms. The number of fused-ring (bicyclic) bond motifs is 4. The number of halogens is 1. The van der Waals surface area contributed by atoms with Crippen molar-refractivity contribution in [3.05, 3.63) is 51.9 Å². The largest absolute Gasteiger partial charge is 0.367 e. The number of hydrogen-bond acceptors (Lipinski definition) is 6. The van der Waals surface area contributed by atoms with E-state index in [-0.39, 0.29) is 17.3 Å². The van der Waals surface area contributed by atoms with Gasteiger partial charge in [0.2, 0.25) is 0 Å². The highest BCUT2D eigenvalue weighted by molar-refractivity contribution is 6.10. The molecule has 2 aliphatic rings. The summed E-state index contributed by atoms with van der Waals surface area (Å²) in [6, 6.07) is 10.8. The molecule has 6 rings (SSSR count). The van der Waals surface area contributed by atoms with Crippen LogP contribution in [0.1, 0.15) is 25.5 Å². The molecule has 2 aromatic carbocycles. The first kappa shape index (κ1) is 26.2. The molecule has 9 heteroatoms. The summed E-state index contributed by atoms with van der Waals surface area (Å²) in [5.74, 6) is -0.355. The molecular formula is C29H36FN7O. The molecule has 200 valence electrons. The van der Waals surface area contributed by atoms with E-state index in [1.54, 1.807) is 30.3 Å². The lowest BCUT2D eigenvalue weighted by atomic mass is 10.1. The minimum Gasteiger partial charge on any atom is -0.367 e. The Balaban J connectivity index is 0.000000366. The fourth-order valence-corrected chi connectivity index (χ4v) is 5.47. The summed E-state index contributed by atoms with van der Waals surface area (Å²) in [7, 11) is 4.22. The summed E-state index contributed by atoms with van der Waals surface area (Å²) in [5, 5.41) is 14.2. The fourth-order valence-electron chi connectivity index (χ4n) is 5.47. The minimum atomic E-state index is -0.355. The lowest BCUT2D eigenvalue weighted by molar-refractivity contribution is 0.291. The molecule has 8 nitrogen and oxygen atoms in total. The molecule has 0 aliphatic carbocycles. The predicted molar refractivity (Wildman–Crippen MR) is 153 cm³/mol. The summed E-state index contributed by atoms with van der Waals surface area (Å²) in [6.45, 7) is 11.9. The Labute approximate surface area is 222 Å². The molecular weight excluding hydrogens is 481 g/mol. The van der Waals surface area contributed by atoms with Crippen LogP contribution in [0.4, 0.5) is 10.1 Å². The Kier molecular flexibility index (Phi) is 7.39. The molecule has 0 amide bonds. The highest BCUT2D eigenvalue weighted by Gasteiger charge is 2.24. The van der Waals surface area contributed by atoms with E-state index in [1.807, 2.05) is 18.4 Å². The number of pyridine rings is 1. The molecule has 0 unspecified atom stereocenters. The zero-order valence-corrected chi connectivity index (χ0v) is 22.6. The maximum Gasteiger partial charge on any atom is 0.199 e. The zero-order valence-electron chi connectivity index (χ0n) is 22.6. The molecule has 4 heterocycles. The van der Waals surface area contributed by atoms with Crippen LogP contribution in [0.2, 0.25) is 0 Å². The molecule has 2 saturated heterocycles. The van der Waals surface area contributed by atoms with Crippen LogP contribution < -0.4 is 15.6 Å². The SMILES string of the molecule is CC(C)n1c2[nH]c3cc(C#N)ccc3c2c(=O)c2ccc(N3CCN(C)CC3)c(F)c21.CN1CCNCC1. The Morgan fingerprint density at radius 2 is 1.61 bits per heavy atom. The second-order valence-corrected chi connectivity index (χ2v) is 10.7. The number of nitrogens with zero attached hydrogens (tertiary/aromatic N) is 5. The molecule has 2 N–H and O–H groups in total. The molecule has 2 aliphatic heterocycles. The number of piperazine rings is 2. The maximum absolute atomic E-state index is 16.0. The minimum absolute atomic E-state index is 0.0775. The van der Waals surface area contributed by atoms with E-state index < -0.39 is 0 Å². The second-order valence-electron chi connectivity index (χ2n) is 10.7. The van der Waals surface area contributed by atoms with Gasteiger partial charge in [0.1, 0.15) is 5.65 Å². The summed E-state index contributed by atoms with van der Waals surface area (Å²) in [4.78, 5) is 23.4. The number of nitriles is 1. The summed E-state index contributed by atoms with van der Waals surface area (Å²) in [6.07, 6.45) is 0. The van der Waals surface area contributed by atoms with Gasteiger partial charge < -0.3 is 29.6 Å². The number of likely N-dealkylation sites (N-methyl/N-ethyl adjacent to an activating group) is 2. The number of nitrogens with one attached hydrogen (secondary N) is 2. The van der Waals surface area contributed by atoms with Gasteiger partial charge in [-0.2, -0.15) is 5.26 Å². The number of aromatic amines is 1. The normalized spacial score (nSPS) is 17.2. The molecule has 0 saturated carbocycles. The molecule has 0 radical (unpaired) electrons. The number of benzene rings is 2. The van der Waals surface area contributed by atoms with Crippen LogP contribution in [0, 0.1) is 17.1 Å². The quantitative estimate of drug-likeness (QED) is 0.424. The predicted octanol–water partition coefficient (Wildman–Crippen LogP) is 3.50. The van der Waals surface area contributed by atoms with E-state index in [4.69, 9.17) is 0 Å². The number of rotatable bonds is 2. The Bertz CT molecular complexity index is 1570. The lowest BCUT2D eigenvalue weighted by Crippen LogP contribution is -2.44. The number of aromatic nitrogens is 2. The third kappa shape index (κ3) is 4.75. The summed E-state index contributed by atoms with van der Waals surface area (Å²) >= 11 is 0. The van der Waals surface area contributed by atoms with Crippen molar-refractivity contribution in [2.45, 2.75) is 19.9 Å². The van der Waals surface area contributed by atoms with Gasteiger partial charge in [-0.05, 0) is 52.2 Å². The van der Waals surface area contributed by atoms with Crippen molar-refractivity contribution in [3.8, 4) is 6.07 Å². The highest BCUT2D eigenvalue weighted by Crippen LogP contribution is 2.33. The van der Waals surface area contributed by atoms with Crippen LogP contribution in [-0.4, -0.2) is 85.8 Å². The Morgan fingerprint density at radius 1 is 0.947 bits per heavy atom. The van der Waals surface area contributed by atoms with Crippen molar-refractivity contribution in [3.63, 3.8) is 0 Å². The van der Waals surface area contributed by atoms with Crippen molar-refractivity contribution in [2.75, 3.05) is 71.4 Å². The number of H-pyrrole nitrogens is 1. The van der Waals surface area contributed by atoms with Crippen LogP contribution in [-0.2, 0) is 0 Å². The molecule has 0 spiro atoms. The van der Waals surface area contributed by atoms with Gasteiger partial charge in [-0.3, -0.25) is 4.79 Å². The van der Waals surface area contributed by atoms with Crippen LogP contribution in [0.15, 0.2) is 35.1 Å². The standard InChI is InChI=1S/C24H24FN5O.C5H12N2/c1-14(2)30-22-17(6-7-19(21(22)25)29-10-8-28(3)9-11-29)23(31)20-16-5-4-15(13-26)12-18(16)27-24(20)30;1-7-4-2-6-3-5-7/h4-7,12,14,27H,8-11H2,1-3H3;6H,2-5H2,1H3. The molecule has 0 atom stereocenters. The van der Waals surface area contributed by atoms with Gasteiger partial charge in [0, 0.05) is 74.7 Å². The molecule has 4 aromatic rings. The van der Waals surface area contributed by atoms with Crippen molar-refractivity contribution in [1.29, 1.82) is 5.26 Å². The second kappa shape index (κ2) is 10.7. The molecule has 2 aromatic heterocycles. The third-order valence-electron chi connectivity index (χ3n) is 7.66. The van der Waals surface area contributed by atoms with E-state index in [0.29, 0.717) is 38.7 Å². The van der Waals surface area contributed by atoms with Crippen molar-refractivity contribution < 1.29 is 4.39 Å². The molecule has 2 fully saturated rings. The van der Waals surface area contributed by atoms with E-state index in [1.165, 1.54) is 13.1 Å². The highest BCUT2D eigenvalue weighted by atomic mass is 19.1. The van der Waals surface area contributed by atoms with Crippen LogP contribution >= 0.6 is 0 Å². The smallest absolute Gasteiger partial charge is 0.199 e. The van der Waals surface area contributed by atoms with E-state index in [2.05, 4.69) is 45.2 Å². The summed E-state index contributed by atoms with van der Waals surface area (Å²) in [5.41, 5.74) is 2.48. The van der Waals surface area contributed by atoms with Gasteiger partial charge in [0.15, 0.2) is 11.2 Å². The van der Waals surface area contributed by atoms with Gasteiger partial charge in [-0.1, -0.05) is 6.07 Å². The number of anilines is 1. The Morgan fingerprint density at radius 3 is 2.21 bits per heavy atom. The van der Waals surface area contributed by atoms with Crippen molar-refractivity contribution in [2.24, 2.45) is 0 Å². The average Bonchev–Trinajstić information content (AvgIpc) is 3.29. The van der Waals surface area contributed by atoms with E-state index in [0.717, 1.165) is 44.7 Å². The average molecular weight is 518 g/mol. The summed E-state index contributed by atoms with van der Waals surface area (Å²) < 4.78 is 17.9. The first-order valence-corrected chi connectivity index (χ1v) is 13.3.